The Morgan fingerprint density at radius 1 is 1.50 bits per heavy atom. The van der Waals surface area contributed by atoms with E-state index in [2.05, 4.69) is 4.72 Å². The Labute approximate surface area is 116 Å². The molecule has 1 aliphatic carbocycles. The van der Waals surface area contributed by atoms with E-state index in [1.165, 1.54) is 18.2 Å². The molecular weight excluding hydrogens is 292 g/mol. The van der Waals surface area contributed by atoms with Gasteiger partial charge >= 0.3 is 0 Å². The maximum absolute atomic E-state index is 12.1. The van der Waals surface area contributed by atoms with Crippen LogP contribution in [0.5, 0.6) is 0 Å². The first-order valence-electron chi connectivity index (χ1n) is 5.48. The van der Waals surface area contributed by atoms with Gasteiger partial charge in [0.2, 0.25) is 10.0 Å². The van der Waals surface area contributed by atoms with Gasteiger partial charge in [0.25, 0.3) is 0 Å². The maximum atomic E-state index is 12.1. The summed E-state index contributed by atoms with van der Waals surface area (Å²) in [5.74, 6) is 0. The number of nitrogens with one attached hydrogen (secondary N) is 1. The van der Waals surface area contributed by atoms with Gasteiger partial charge in [-0.3, -0.25) is 0 Å². The molecule has 1 aromatic rings. The molecule has 0 bridgehead atoms. The zero-order valence-electron chi connectivity index (χ0n) is 9.94. The molecule has 2 rings (SSSR count). The Bertz CT molecular complexity index is 556. The topological polar surface area (TPSA) is 72.2 Å². The molecule has 0 spiro atoms. The molecule has 1 aliphatic rings. The normalized spacial score (nSPS) is 17.7. The van der Waals surface area contributed by atoms with Crippen molar-refractivity contribution in [3.05, 3.63) is 23.2 Å². The minimum Gasteiger partial charge on any atom is -0.398 e. The van der Waals surface area contributed by atoms with E-state index in [0.717, 1.165) is 12.8 Å². The van der Waals surface area contributed by atoms with Crippen LogP contribution in [-0.2, 0) is 10.0 Å². The third-order valence-corrected chi connectivity index (χ3v) is 6.22. The van der Waals surface area contributed by atoms with E-state index in [1.54, 1.807) is 11.8 Å². The first-order valence-corrected chi connectivity index (χ1v) is 8.57. The van der Waals surface area contributed by atoms with Crippen molar-refractivity contribution < 1.29 is 8.42 Å². The van der Waals surface area contributed by atoms with E-state index in [0.29, 0.717) is 11.6 Å². The Hall–Kier alpha value is -0.430. The number of hydrogen-bond acceptors (Lipinski definition) is 4. The molecule has 1 aromatic carbocycles. The Kier molecular flexibility index (Phi) is 3.82. The second-order valence-electron chi connectivity index (χ2n) is 4.39. The Balaban J connectivity index is 2.15. The van der Waals surface area contributed by atoms with Crippen LogP contribution >= 0.6 is 23.4 Å². The molecule has 100 valence electrons. The summed E-state index contributed by atoms with van der Waals surface area (Å²) in [6.45, 7) is 0.443. The SMILES string of the molecule is CSC1(CNS(=O)(=O)c2ccc(Cl)cc2N)CC1. The van der Waals surface area contributed by atoms with Crippen LogP contribution in [0.1, 0.15) is 12.8 Å². The molecule has 1 fully saturated rings. The Morgan fingerprint density at radius 3 is 2.67 bits per heavy atom. The molecule has 4 nitrogen and oxygen atoms in total. The summed E-state index contributed by atoms with van der Waals surface area (Å²) in [6, 6.07) is 4.39. The highest BCUT2D eigenvalue weighted by atomic mass is 35.5. The fraction of sp³-hybridized carbons (Fsp3) is 0.455. The quantitative estimate of drug-likeness (QED) is 0.817. The van der Waals surface area contributed by atoms with Crippen LogP contribution < -0.4 is 10.5 Å². The van der Waals surface area contributed by atoms with Gasteiger partial charge in [-0.05, 0) is 37.3 Å². The van der Waals surface area contributed by atoms with Crippen LogP contribution in [0.3, 0.4) is 0 Å². The van der Waals surface area contributed by atoms with Gasteiger partial charge in [0, 0.05) is 16.3 Å². The van der Waals surface area contributed by atoms with Crippen LogP contribution in [0.2, 0.25) is 5.02 Å². The number of sulfonamides is 1. The van der Waals surface area contributed by atoms with Gasteiger partial charge in [-0.15, -0.1) is 0 Å². The summed E-state index contributed by atoms with van der Waals surface area (Å²) >= 11 is 7.45. The van der Waals surface area contributed by atoms with Crippen LogP contribution in [0, 0.1) is 0 Å². The molecule has 3 N–H and O–H groups in total. The van der Waals surface area contributed by atoms with Crippen LogP contribution in [0.25, 0.3) is 0 Å². The highest BCUT2D eigenvalue weighted by Crippen LogP contribution is 2.46. The van der Waals surface area contributed by atoms with Crippen molar-refractivity contribution in [1.82, 2.24) is 4.72 Å². The predicted molar refractivity (Wildman–Crippen MR) is 76.5 cm³/mol. The molecule has 0 amide bonds. The number of benzene rings is 1. The number of thioether (sulfide) groups is 1. The van der Waals surface area contributed by atoms with E-state index in [1.807, 2.05) is 6.26 Å². The molecular formula is C11H15ClN2O2S2. The molecule has 18 heavy (non-hydrogen) atoms. The second kappa shape index (κ2) is 4.92. The van der Waals surface area contributed by atoms with E-state index in [9.17, 15) is 8.42 Å². The molecule has 0 heterocycles. The average Bonchev–Trinajstić information content (AvgIpc) is 3.07. The van der Waals surface area contributed by atoms with Gasteiger partial charge in [0.05, 0.1) is 5.69 Å². The summed E-state index contributed by atoms with van der Waals surface area (Å²) in [5, 5.41) is 0.425. The number of anilines is 1. The van der Waals surface area contributed by atoms with Gasteiger partial charge in [0.15, 0.2) is 0 Å². The Morgan fingerprint density at radius 2 is 2.17 bits per heavy atom. The maximum Gasteiger partial charge on any atom is 0.242 e. The van der Waals surface area contributed by atoms with E-state index >= 15 is 0 Å². The molecule has 0 unspecified atom stereocenters. The third kappa shape index (κ3) is 2.93. The van der Waals surface area contributed by atoms with Gasteiger partial charge in [0.1, 0.15) is 4.90 Å². The van der Waals surface area contributed by atoms with Crippen molar-refractivity contribution in [2.75, 3.05) is 18.5 Å². The van der Waals surface area contributed by atoms with Gasteiger partial charge in [-0.2, -0.15) is 11.8 Å². The van der Waals surface area contributed by atoms with Crippen molar-refractivity contribution in [2.24, 2.45) is 0 Å². The number of rotatable bonds is 5. The highest BCUT2D eigenvalue weighted by molar-refractivity contribution is 8.00. The predicted octanol–water partition coefficient (Wildman–Crippen LogP) is 2.10. The second-order valence-corrected chi connectivity index (χ2v) is 7.84. The van der Waals surface area contributed by atoms with Crippen molar-refractivity contribution >= 4 is 39.1 Å². The summed E-state index contributed by atoms with van der Waals surface area (Å²) in [6.07, 6.45) is 4.09. The highest BCUT2D eigenvalue weighted by Gasteiger charge is 2.42. The number of nitrogens with two attached hydrogens (primary N) is 1. The first-order chi connectivity index (χ1) is 8.38. The van der Waals surface area contributed by atoms with Crippen molar-refractivity contribution in [1.29, 1.82) is 0 Å². The summed E-state index contributed by atoms with van der Waals surface area (Å²) in [5.41, 5.74) is 5.86. The van der Waals surface area contributed by atoms with Gasteiger partial charge < -0.3 is 5.73 Å². The van der Waals surface area contributed by atoms with Crippen LogP contribution in [-0.4, -0.2) is 26.0 Å². The average molecular weight is 307 g/mol. The van der Waals surface area contributed by atoms with E-state index < -0.39 is 10.0 Å². The largest absolute Gasteiger partial charge is 0.398 e. The zero-order chi connectivity index (χ0) is 13.4. The lowest BCUT2D eigenvalue weighted by atomic mass is 10.3. The lowest BCUT2D eigenvalue weighted by Gasteiger charge is -2.14. The summed E-state index contributed by atoms with van der Waals surface area (Å²) in [7, 11) is -3.56. The molecule has 1 saturated carbocycles. The smallest absolute Gasteiger partial charge is 0.242 e. The molecule has 7 heteroatoms. The van der Waals surface area contributed by atoms with Crippen LogP contribution in [0.15, 0.2) is 23.1 Å². The van der Waals surface area contributed by atoms with Gasteiger partial charge in [-0.25, -0.2) is 13.1 Å². The van der Waals surface area contributed by atoms with E-state index in [4.69, 9.17) is 17.3 Å². The van der Waals surface area contributed by atoms with Crippen molar-refractivity contribution in [3.63, 3.8) is 0 Å². The standard InChI is InChI=1S/C11H15ClN2O2S2/c1-17-11(4-5-11)7-14-18(15,16)10-3-2-8(12)6-9(10)13/h2-3,6,14H,4-5,7,13H2,1H3. The summed E-state index contributed by atoms with van der Waals surface area (Å²) < 4.78 is 26.9. The zero-order valence-corrected chi connectivity index (χ0v) is 12.3. The minimum absolute atomic E-state index is 0.0776. The molecule has 0 aliphatic heterocycles. The molecule has 0 atom stereocenters. The lowest BCUT2D eigenvalue weighted by molar-refractivity contribution is 0.580. The molecule has 0 saturated heterocycles. The van der Waals surface area contributed by atoms with E-state index in [-0.39, 0.29) is 15.3 Å². The first kappa shape index (κ1) is 14.0. The number of nitrogen functional groups attached to an aromatic ring is 1. The fourth-order valence-electron chi connectivity index (χ4n) is 1.66. The molecule has 0 aromatic heterocycles. The lowest BCUT2D eigenvalue weighted by Crippen LogP contribution is -2.32. The fourth-order valence-corrected chi connectivity index (χ4v) is 3.90. The molecule has 0 radical (unpaired) electrons. The summed E-state index contributed by atoms with van der Waals surface area (Å²) in [4.78, 5) is 0.0869. The van der Waals surface area contributed by atoms with Gasteiger partial charge in [-0.1, -0.05) is 11.6 Å². The number of halogens is 1. The minimum atomic E-state index is -3.56. The third-order valence-electron chi connectivity index (χ3n) is 3.09. The monoisotopic (exact) mass is 306 g/mol. The van der Waals surface area contributed by atoms with Crippen molar-refractivity contribution in [2.45, 2.75) is 22.5 Å². The van der Waals surface area contributed by atoms with Crippen LogP contribution in [0.4, 0.5) is 5.69 Å². The van der Waals surface area contributed by atoms with Crippen molar-refractivity contribution in [3.8, 4) is 0 Å². The number of hydrogen-bond donors (Lipinski definition) is 2.